The molecule has 1 aromatic heterocycles. The SMILES string of the molecule is O=C(COc1ccc(Cl)cc1)Nc1cc(-n2cnnn2)ccc1N1CCCC1. The molecule has 0 unspecified atom stereocenters. The van der Waals surface area contributed by atoms with Gasteiger partial charge in [-0.05, 0) is 65.7 Å². The molecular formula is C19H19ClN6O2. The average molecular weight is 399 g/mol. The zero-order chi connectivity index (χ0) is 19.3. The molecule has 3 aromatic rings. The van der Waals surface area contributed by atoms with Gasteiger partial charge in [0.15, 0.2) is 6.61 Å². The number of halogens is 1. The van der Waals surface area contributed by atoms with E-state index in [0.29, 0.717) is 16.5 Å². The molecule has 4 rings (SSSR count). The summed E-state index contributed by atoms with van der Waals surface area (Å²) in [5.74, 6) is 0.339. The standard InChI is InChI=1S/C19H19ClN6O2/c20-14-3-6-16(7-4-14)28-12-19(27)22-17-11-15(26-13-21-23-24-26)5-8-18(17)25-9-1-2-10-25/h3-8,11,13H,1-2,9-10,12H2,(H,22,27). The lowest BCUT2D eigenvalue weighted by molar-refractivity contribution is -0.118. The molecule has 0 radical (unpaired) electrons. The molecule has 1 saturated heterocycles. The first-order valence-corrected chi connectivity index (χ1v) is 9.37. The molecule has 28 heavy (non-hydrogen) atoms. The molecule has 0 spiro atoms. The first-order chi connectivity index (χ1) is 13.7. The number of rotatable bonds is 6. The fourth-order valence-corrected chi connectivity index (χ4v) is 3.27. The van der Waals surface area contributed by atoms with Crippen LogP contribution in [-0.2, 0) is 4.79 Å². The van der Waals surface area contributed by atoms with E-state index in [1.165, 1.54) is 6.33 Å². The summed E-state index contributed by atoms with van der Waals surface area (Å²) in [7, 11) is 0. The Labute approximate surface area is 167 Å². The number of ether oxygens (including phenoxy) is 1. The third kappa shape index (κ3) is 4.23. The van der Waals surface area contributed by atoms with Crippen LogP contribution in [-0.4, -0.2) is 45.8 Å². The Bertz CT molecular complexity index is 940. The number of anilines is 2. The van der Waals surface area contributed by atoms with Crippen molar-refractivity contribution in [3.63, 3.8) is 0 Å². The van der Waals surface area contributed by atoms with Crippen molar-refractivity contribution in [2.24, 2.45) is 0 Å². The zero-order valence-electron chi connectivity index (χ0n) is 15.1. The van der Waals surface area contributed by atoms with Gasteiger partial charge in [-0.1, -0.05) is 11.6 Å². The lowest BCUT2D eigenvalue weighted by Crippen LogP contribution is -2.24. The number of amides is 1. The Morgan fingerprint density at radius 2 is 1.93 bits per heavy atom. The van der Waals surface area contributed by atoms with Crippen molar-refractivity contribution in [2.75, 3.05) is 29.9 Å². The summed E-state index contributed by atoms with van der Waals surface area (Å²) in [4.78, 5) is 14.8. The van der Waals surface area contributed by atoms with Crippen LogP contribution in [0.2, 0.25) is 5.02 Å². The summed E-state index contributed by atoms with van der Waals surface area (Å²) in [5, 5.41) is 14.8. The molecule has 1 amide bonds. The zero-order valence-corrected chi connectivity index (χ0v) is 15.8. The summed E-state index contributed by atoms with van der Waals surface area (Å²) in [6.07, 6.45) is 3.80. The highest BCUT2D eigenvalue weighted by atomic mass is 35.5. The second-order valence-electron chi connectivity index (χ2n) is 6.44. The molecule has 1 aliphatic rings. The summed E-state index contributed by atoms with van der Waals surface area (Å²) >= 11 is 5.86. The Hall–Kier alpha value is -3.13. The lowest BCUT2D eigenvalue weighted by atomic mass is 10.2. The largest absolute Gasteiger partial charge is 0.484 e. The van der Waals surface area contributed by atoms with E-state index in [0.717, 1.165) is 37.3 Å². The summed E-state index contributed by atoms with van der Waals surface area (Å²) in [6.45, 7) is 1.83. The van der Waals surface area contributed by atoms with Gasteiger partial charge in [-0.3, -0.25) is 4.79 Å². The van der Waals surface area contributed by atoms with E-state index in [-0.39, 0.29) is 12.5 Å². The number of tetrazole rings is 1. The minimum absolute atomic E-state index is 0.101. The van der Waals surface area contributed by atoms with E-state index in [1.54, 1.807) is 28.9 Å². The topological polar surface area (TPSA) is 85.2 Å². The van der Waals surface area contributed by atoms with Crippen LogP contribution in [0.25, 0.3) is 5.69 Å². The first-order valence-electron chi connectivity index (χ1n) is 8.99. The van der Waals surface area contributed by atoms with Crippen LogP contribution in [0.4, 0.5) is 11.4 Å². The molecule has 2 aromatic carbocycles. The third-order valence-electron chi connectivity index (χ3n) is 4.50. The van der Waals surface area contributed by atoms with E-state index in [1.807, 2.05) is 18.2 Å². The van der Waals surface area contributed by atoms with Crippen LogP contribution in [0.5, 0.6) is 5.75 Å². The van der Waals surface area contributed by atoms with Crippen LogP contribution < -0.4 is 15.0 Å². The minimum Gasteiger partial charge on any atom is -0.484 e. The molecule has 0 aliphatic carbocycles. The maximum Gasteiger partial charge on any atom is 0.262 e. The summed E-state index contributed by atoms with van der Waals surface area (Å²) in [5.41, 5.74) is 2.45. The number of carbonyl (C=O) groups excluding carboxylic acids is 1. The number of nitrogens with zero attached hydrogens (tertiary/aromatic N) is 5. The van der Waals surface area contributed by atoms with Crippen LogP contribution in [0, 0.1) is 0 Å². The molecular weight excluding hydrogens is 380 g/mol. The smallest absolute Gasteiger partial charge is 0.262 e. The number of nitrogens with one attached hydrogen (secondary N) is 1. The van der Waals surface area contributed by atoms with Gasteiger partial charge in [0.05, 0.1) is 17.1 Å². The Kier molecular flexibility index (Phi) is 5.38. The van der Waals surface area contributed by atoms with E-state index in [4.69, 9.17) is 16.3 Å². The molecule has 1 fully saturated rings. The van der Waals surface area contributed by atoms with Gasteiger partial charge in [-0.25, -0.2) is 4.68 Å². The van der Waals surface area contributed by atoms with Gasteiger partial charge in [0.2, 0.25) is 0 Å². The van der Waals surface area contributed by atoms with Crippen molar-refractivity contribution in [3.8, 4) is 11.4 Å². The number of aromatic nitrogens is 4. The van der Waals surface area contributed by atoms with Crippen LogP contribution >= 0.6 is 11.6 Å². The quantitative estimate of drug-likeness (QED) is 0.687. The molecule has 0 saturated carbocycles. The third-order valence-corrected chi connectivity index (χ3v) is 4.75. The van der Waals surface area contributed by atoms with Crippen molar-refractivity contribution >= 4 is 28.9 Å². The predicted molar refractivity (Wildman–Crippen MR) is 106 cm³/mol. The van der Waals surface area contributed by atoms with Crippen LogP contribution in [0.15, 0.2) is 48.8 Å². The maximum atomic E-state index is 12.5. The van der Waals surface area contributed by atoms with Crippen molar-refractivity contribution < 1.29 is 9.53 Å². The molecule has 0 bridgehead atoms. The van der Waals surface area contributed by atoms with Gasteiger partial charge < -0.3 is 15.0 Å². The van der Waals surface area contributed by atoms with Crippen molar-refractivity contribution in [3.05, 3.63) is 53.8 Å². The molecule has 8 nitrogen and oxygen atoms in total. The number of benzene rings is 2. The van der Waals surface area contributed by atoms with Gasteiger partial charge in [0, 0.05) is 18.1 Å². The molecule has 144 valence electrons. The maximum absolute atomic E-state index is 12.5. The predicted octanol–water partition coefficient (Wildman–Crippen LogP) is 2.93. The van der Waals surface area contributed by atoms with E-state index < -0.39 is 0 Å². The number of hydrogen-bond donors (Lipinski definition) is 1. The Balaban J connectivity index is 1.51. The lowest BCUT2D eigenvalue weighted by Gasteiger charge is -2.22. The highest BCUT2D eigenvalue weighted by Gasteiger charge is 2.18. The fourth-order valence-electron chi connectivity index (χ4n) is 3.15. The Morgan fingerprint density at radius 3 is 2.64 bits per heavy atom. The minimum atomic E-state index is -0.246. The molecule has 0 atom stereocenters. The molecule has 1 aliphatic heterocycles. The highest BCUT2D eigenvalue weighted by Crippen LogP contribution is 2.31. The second kappa shape index (κ2) is 8.26. The van der Waals surface area contributed by atoms with Crippen molar-refractivity contribution in [1.82, 2.24) is 20.2 Å². The monoisotopic (exact) mass is 398 g/mol. The van der Waals surface area contributed by atoms with E-state index in [2.05, 4.69) is 25.7 Å². The highest BCUT2D eigenvalue weighted by molar-refractivity contribution is 6.30. The van der Waals surface area contributed by atoms with Gasteiger partial charge in [-0.15, -0.1) is 5.10 Å². The van der Waals surface area contributed by atoms with Gasteiger partial charge >= 0.3 is 0 Å². The normalized spacial score (nSPS) is 13.5. The average Bonchev–Trinajstić information content (AvgIpc) is 3.42. The second-order valence-corrected chi connectivity index (χ2v) is 6.88. The summed E-state index contributed by atoms with van der Waals surface area (Å²) in [6, 6.07) is 12.7. The van der Waals surface area contributed by atoms with Gasteiger partial charge in [0.25, 0.3) is 5.91 Å². The van der Waals surface area contributed by atoms with Crippen LogP contribution in [0.3, 0.4) is 0 Å². The first kappa shape index (κ1) is 18.2. The van der Waals surface area contributed by atoms with Crippen LogP contribution in [0.1, 0.15) is 12.8 Å². The Morgan fingerprint density at radius 1 is 1.14 bits per heavy atom. The molecule has 1 N–H and O–H groups in total. The van der Waals surface area contributed by atoms with Gasteiger partial charge in [0.1, 0.15) is 12.1 Å². The van der Waals surface area contributed by atoms with Gasteiger partial charge in [-0.2, -0.15) is 0 Å². The molecule has 9 heteroatoms. The van der Waals surface area contributed by atoms with E-state index in [9.17, 15) is 4.79 Å². The fraction of sp³-hybridized carbons (Fsp3) is 0.263. The number of carbonyl (C=O) groups is 1. The van der Waals surface area contributed by atoms with Crippen molar-refractivity contribution in [2.45, 2.75) is 12.8 Å². The number of hydrogen-bond acceptors (Lipinski definition) is 6. The van der Waals surface area contributed by atoms with E-state index >= 15 is 0 Å². The van der Waals surface area contributed by atoms with Crippen molar-refractivity contribution in [1.29, 1.82) is 0 Å². The summed E-state index contributed by atoms with van der Waals surface area (Å²) < 4.78 is 7.09. The molecule has 2 heterocycles.